The molecule has 4 rings (SSSR count). The molecule has 0 amide bonds. The standard InChI is InChI=1S/C25H32N4O4/c1-6-19-22(26-24(31)21(23(19)30)25(32)33)16-7-8-20-17(9-16)10-18(28(20)5)13-29-11-14(2)27(4)15(3)12-29/h7-10,14-15H,6,11-13H2,1-5H3,(H,32,33)(H2,26,30,31)/t14-,15+. The number of piperazine rings is 1. The number of likely N-dealkylation sites (N-methyl/N-ethyl adjacent to an activating group) is 1. The Morgan fingerprint density at radius 2 is 1.82 bits per heavy atom. The monoisotopic (exact) mass is 452 g/mol. The van der Waals surface area contributed by atoms with Crippen LogP contribution in [0.3, 0.4) is 0 Å². The van der Waals surface area contributed by atoms with Crippen molar-refractivity contribution in [1.82, 2.24) is 19.4 Å². The highest BCUT2D eigenvalue weighted by molar-refractivity contribution is 5.92. The molecule has 0 bridgehead atoms. The molecule has 0 spiro atoms. The van der Waals surface area contributed by atoms with E-state index in [0.29, 0.717) is 29.8 Å². The van der Waals surface area contributed by atoms with Crippen molar-refractivity contribution in [3.8, 4) is 17.0 Å². The topological polar surface area (TPSA) is 102 Å². The maximum Gasteiger partial charge on any atom is 0.345 e. The van der Waals surface area contributed by atoms with Crippen LogP contribution in [0.4, 0.5) is 0 Å². The lowest BCUT2D eigenvalue weighted by Crippen LogP contribution is -2.54. The van der Waals surface area contributed by atoms with E-state index in [1.54, 1.807) is 0 Å². The number of hydrogen-bond donors (Lipinski definition) is 3. The number of aromatic amines is 1. The minimum atomic E-state index is -1.44. The second-order valence-electron chi connectivity index (χ2n) is 9.22. The largest absolute Gasteiger partial charge is 0.506 e. The Balaban J connectivity index is 1.72. The van der Waals surface area contributed by atoms with Crippen molar-refractivity contribution in [3.05, 3.63) is 51.4 Å². The molecule has 1 aliphatic rings. The minimum absolute atomic E-state index is 0.385. The van der Waals surface area contributed by atoms with E-state index >= 15 is 0 Å². The molecule has 0 radical (unpaired) electrons. The van der Waals surface area contributed by atoms with Crippen molar-refractivity contribution in [1.29, 1.82) is 0 Å². The third-order valence-electron chi connectivity index (χ3n) is 7.11. The van der Waals surface area contributed by atoms with Gasteiger partial charge in [0.05, 0.1) is 5.69 Å². The average Bonchev–Trinajstić information content (AvgIpc) is 3.06. The molecule has 1 aliphatic heterocycles. The molecule has 33 heavy (non-hydrogen) atoms. The van der Waals surface area contributed by atoms with Crippen LogP contribution in [-0.2, 0) is 20.0 Å². The predicted molar refractivity (Wildman–Crippen MR) is 129 cm³/mol. The number of nitrogens with zero attached hydrogens (tertiary/aromatic N) is 3. The van der Waals surface area contributed by atoms with Crippen molar-refractivity contribution in [3.63, 3.8) is 0 Å². The Kier molecular flexibility index (Phi) is 6.07. The van der Waals surface area contributed by atoms with E-state index in [2.05, 4.69) is 53.4 Å². The molecular weight excluding hydrogens is 420 g/mol. The van der Waals surface area contributed by atoms with Crippen molar-refractivity contribution in [2.75, 3.05) is 20.1 Å². The molecule has 1 saturated heterocycles. The fourth-order valence-corrected chi connectivity index (χ4v) is 5.00. The summed E-state index contributed by atoms with van der Waals surface area (Å²) in [4.78, 5) is 31.3. The summed E-state index contributed by atoms with van der Waals surface area (Å²) in [6, 6.07) is 9.06. The van der Waals surface area contributed by atoms with E-state index < -0.39 is 22.8 Å². The van der Waals surface area contributed by atoms with Crippen molar-refractivity contribution < 1.29 is 15.0 Å². The molecule has 1 aromatic carbocycles. The summed E-state index contributed by atoms with van der Waals surface area (Å²) in [5, 5.41) is 20.8. The van der Waals surface area contributed by atoms with Gasteiger partial charge in [-0.2, -0.15) is 0 Å². The summed E-state index contributed by atoms with van der Waals surface area (Å²) in [7, 11) is 4.24. The molecule has 3 N–H and O–H groups in total. The van der Waals surface area contributed by atoms with E-state index in [1.165, 1.54) is 5.69 Å². The van der Waals surface area contributed by atoms with E-state index in [9.17, 15) is 19.8 Å². The normalized spacial score (nSPS) is 19.9. The van der Waals surface area contributed by atoms with Crippen molar-refractivity contribution >= 4 is 16.9 Å². The number of fused-ring (bicyclic) bond motifs is 1. The molecule has 8 heteroatoms. The first kappa shape index (κ1) is 23.1. The van der Waals surface area contributed by atoms with Gasteiger partial charge in [-0.15, -0.1) is 0 Å². The van der Waals surface area contributed by atoms with E-state index in [4.69, 9.17) is 0 Å². The smallest absolute Gasteiger partial charge is 0.345 e. The van der Waals surface area contributed by atoms with Gasteiger partial charge < -0.3 is 19.8 Å². The SMILES string of the molecule is CCc1c(-c2ccc3c(c2)cc(CN2C[C@@H](C)N(C)[C@@H](C)C2)n3C)[nH]c(=O)c(C(=O)O)c1O. The van der Waals surface area contributed by atoms with Crippen LogP contribution in [-0.4, -0.2) is 67.8 Å². The van der Waals surface area contributed by atoms with Gasteiger partial charge in [0.25, 0.3) is 5.56 Å². The number of nitrogens with one attached hydrogen (secondary N) is 1. The molecule has 2 atom stereocenters. The lowest BCUT2D eigenvalue weighted by atomic mass is 9.99. The van der Waals surface area contributed by atoms with Crippen LogP contribution in [0.25, 0.3) is 22.2 Å². The quantitative estimate of drug-likeness (QED) is 0.550. The van der Waals surface area contributed by atoms with Crippen molar-refractivity contribution in [2.45, 2.75) is 45.8 Å². The highest BCUT2D eigenvalue weighted by atomic mass is 16.4. The van der Waals surface area contributed by atoms with E-state index in [0.717, 1.165) is 36.1 Å². The molecule has 0 saturated carbocycles. The van der Waals surface area contributed by atoms with Crippen LogP contribution in [0.15, 0.2) is 29.1 Å². The van der Waals surface area contributed by atoms with Crippen LogP contribution in [0, 0.1) is 0 Å². The number of rotatable bonds is 5. The third-order valence-corrected chi connectivity index (χ3v) is 7.11. The predicted octanol–water partition coefficient (Wildman–Crippen LogP) is 3.02. The minimum Gasteiger partial charge on any atom is -0.506 e. The Hall–Kier alpha value is -3.10. The Morgan fingerprint density at radius 3 is 2.42 bits per heavy atom. The van der Waals surface area contributed by atoms with Gasteiger partial charge in [0.2, 0.25) is 0 Å². The van der Waals surface area contributed by atoms with Gasteiger partial charge in [-0.25, -0.2) is 4.79 Å². The molecule has 0 unspecified atom stereocenters. The zero-order chi connectivity index (χ0) is 24.0. The van der Waals surface area contributed by atoms with Gasteiger partial charge in [-0.3, -0.25) is 14.6 Å². The maximum absolute atomic E-state index is 12.4. The second kappa shape index (κ2) is 8.68. The summed E-state index contributed by atoms with van der Waals surface area (Å²) in [5.41, 5.74) is 2.48. The van der Waals surface area contributed by atoms with Gasteiger partial charge in [-0.05, 0) is 51.1 Å². The highest BCUT2D eigenvalue weighted by Crippen LogP contribution is 2.32. The first-order valence-electron chi connectivity index (χ1n) is 11.4. The molecule has 0 aliphatic carbocycles. The van der Waals surface area contributed by atoms with Gasteiger partial charge in [0.1, 0.15) is 5.75 Å². The number of carboxylic acids is 1. The fraction of sp³-hybridized carbons (Fsp3) is 0.440. The number of carboxylic acid groups (broad SMARTS) is 1. The van der Waals surface area contributed by atoms with Crippen LogP contribution in [0.5, 0.6) is 5.75 Å². The van der Waals surface area contributed by atoms with Crippen LogP contribution >= 0.6 is 0 Å². The van der Waals surface area contributed by atoms with Crippen molar-refractivity contribution in [2.24, 2.45) is 7.05 Å². The molecule has 8 nitrogen and oxygen atoms in total. The number of aromatic carboxylic acids is 1. The summed E-state index contributed by atoms with van der Waals surface area (Å²) in [5.74, 6) is -1.90. The second-order valence-corrected chi connectivity index (χ2v) is 9.22. The fourth-order valence-electron chi connectivity index (χ4n) is 5.00. The number of H-pyrrole nitrogens is 1. The zero-order valence-electron chi connectivity index (χ0n) is 19.8. The maximum atomic E-state index is 12.4. The van der Waals surface area contributed by atoms with Gasteiger partial charge >= 0.3 is 5.97 Å². The average molecular weight is 453 g/mol. The molecule has 3 aromatic rings. The number of aromatic hydroxyl groups is 1. The van der Waals surface area contributed by atoms with Gasteiger partial charge in [0.15, 0.2) is 5.56 Å². The Labute approximate surface area is 193 Å². The molecular formula is C25H32N4O4. The van der Waals surface area contributed by atoms with Gasteiger partial charge in [0, 0.05) is 60.9 Å². The Morgan fingerprint density at radius 1 is 1.15 bits per heavy atom. The van der Waals surface area contributed by atoms with Crippen LogP contribution in [0.2, 0.25) is 0 Å². The molecule has 176 valence electrons. The number of pyridine rings is 1. The lowest BCUT2D eigenvalue weighted by Gasteiger charge is -2.42. The summed E-state index contributed by atoms with van der Waals surface area (Å²) < 4.78 is 2.20. The first-order chi connectivity index (χ1) is 15.6. The van der Waals surface area contributed by atoms with Gasteiger partial charge in [-0.1, -0.05) is 13.0 Å². The Bertz CT molecular complexity index is 1260. The number of hydrogen-bond acceptors (Lipinski definition) is 5. The lowest BCUT2D eigenvalue weighted by molar-refractivity contribution is 0.0545. The zero-order valence-corrected chi connectivity index (χ0v) is 19.8. The van der Waals surface area contributed by atoms with Crippen LogP contribution < -0.4 is 5.56 Å². The molecule has 1 fully saturated rings. The number of aryl methyl sites for hydroxylation is 1. The highest BCUT2D eigenvalue weighted by Gasteiger charge is 2.27. The first-order valence-corrected chi connectivity index (χ1v) is 11.4. The summed E-state index contributed by atoms with van der Waals surface area (Å²) in [6.45, 7) is 9.23. The van der Waals surface area contributed by atoms with E-state index in [1.807, 2.05) is 25.1 Å². The van der Waals surface area contributed by atoms with Crippen LogP contribution in [0.1, 0.15) is 42.4 Å². The third kappa shape index (κ3) is 4.05. The number of carbonyl (C=O) groups is 1. The summed E-state index contributed by atoms with van der Waals surface area (Å²) in [6.07, 6.45) is 0.385. The number of aromatic nitrogens is 2. The number of benzene rings is 1. The van der Waals surface area contributed by atoms with E-state index in [-0.39, 0.29) is 0 Å². The summed E-state index contributed by atoms with van der Waals surface area (Å²) >= 11 is 0. The molecule has 3 heterocycles. The molecule has 2 aromatic heterocycles.